The molecule has 6 heteroatoms. The molecule has 0 unspecified atom stereocenters. The first-order valence-electron chi connectivity index (χ1n) is 5.67. The molecule has 18 heavy (non-hydrogen) atoms. The van der Waals surface area contributed by atoms with Crippen LogP contribution in [0.25, 0.3) is 0 Å². The number of halogens is 1. The lowest BCUT2D eigenvalue weighted by Gasteiger charge is -2.07. The molecule has 0 saturated heterocycles. The van der Waals surface area contributed by atoms with Crippen LogP contribution in [0.15, 0.2) is 18.2 Å². The standard InChI is InChI=1S/C12H17ClN2O2S/c13-10-8-9(14)2-3-11(10)15-12(17)4-7-18-6-1-5-16/h2-3,8,16H,1,4-7,14H2,(H,15,17). The molecule has 0 atom stereocenters. The number of thioether (sulfide) groups is 1. The van der Waals surface area contributed by atoms with Gasteiger partial charge in [0, 0.05) is 24.5 Å². The van der Waals surface area contributed by atoms with E-state index in [1.807, 2.05) is 0 Å². The van der Waals surface area contributed by atoms with E-state index >= 15 is 0 Å². The number of benzene rings is 1. The number of carbonyl (C=O) groups is 1. The Morgan fingerprint density at radius 2 is 2.22 bits per heavy atom. The van der Waals surface area contributed by atoms with Crippen LogP contribution in [0.3, 0.4) is 0 Å². The molecular weight excluding hydrogens is 272 g/mol. The van der Waals surface area contributed by atoms with E-state index in [1.54, 1.807) is 30.0 Å². The van der Waals surface area contributed by atoms with Gasteiger partial charge in [0.25, 0.3) is 0 Å². The highest BCUT2D eigenvalue weighted by atomic mass is 35.5. The monoisotopic (exact) mass is 288 g/mol. The maximum Gasteiger partial charge on any atom is 0.225 e. The summed E-state index contributed by atoms with van der Waals surface area (Å²) in [7, 11) is 0. The summed E-state index contributed by atoms with van der Waals surface area (Å²) >= 11 is 7.60. The maximum absolute atomic E-state index is 11.6. The van der Waals surface area contributed by atoms with Gasteiger partial charge in [-0.15, -0.1) is 0 Å². The zero-order valence-electron chi connectivity index (χ0n) is 9.99. The molecule has 4 N–H and O–H groups in total. The van der Waals surface area contributed by atoms with Crippen LogP contribution in [0.5, 0.6) is 0 Å². The van der Waals surface area contributed by atoms with Crippen molar-refractivity contribution >= 4 is 40.6 Å². The number of rotatable bonds is 7. The Labute approximate surface area is 116 Å². The van der Waals surface area contributed by atoms with Crippen molar-refractivity contribution < 1.29 is 9.90 Å². The molecule has 1 aromatic carbocycles. The van der Waals surface area contributed by atoms with Crippen molar-refractivity contribution in [3.63, 3.8) is 0 Å². The highest BCUT2D eigenvalue weighted by Gasteiger charge is 2.05. The molecule has 100 valence electrons. The number of aliphatic hydroxyl groups excluding tert-OH is 1. The second-order valence-electron chi connectivity index (χ2n) is 3.73. The maximum atomic E-state index is 11.6. The number of anilines is 2. The third kappa shape index (κ3) is 5.62. The predicted molar refractivity (Wildman–Crippen MR) is 78.1 cm³/mol. The Hall–Kier alpha value is -0.910. The molecule has 0 aliphatic rings. The zero-order chi connectivity index (χ0) is 13.4. The first-order valence-corrected chi connectivity index (χ1v) is 7.20. The van der Waals surface area contributed by atoms with Gasteiger partial charge in [0.15, 0.2) is 0 Å². The molecule has 0 spiro atoms. The van der Waals surface area contributed by atoms with Crippen molar-refractivity contribution in [3.8, 4) is 0 Å². The van der Waals surface area contributed by atoms with Crippen molar-refractivity contribution in [1.82, 2.24) is 0 Å². The van der Waals surface area contributed by atoms with E-state index < -0.39 is 0 Å². The van der Waals surface area contributed by atoms with Gasteiger partial charge in [0.2, 0.25) is 5.91 Å². The highest BCUT2D eigenvalue weighted by Crippen LogP contribution is 2.24. The van der Waals surface area contributed by atoms with Gasteiger partial charge >= 0.3 is 0 Å². The molecule has 0 fully saturated rings. The lowest BCUT2D eigenvalue weighted by Crippen LogP contribution is -2.12. The third-order valence-corrected chi connectivity index (χ3v) is 3.57. The van der Waals surface area contributed by atoms with Crippen LogP contribution in [-0.2, 0) is 4.79 Å². The highest BCUT2D eigenvalue weighted by molar-refractivity contribution is 7.99. The average Bonchev–Trinajstić information content (AvgIpc) is 2.32. The zero-order valence-corrected chi connectivity index (χ0v) is 11.6. The fourth-order valence-electron chi connectivity index (χ4n) is 1.28. The summed E-state index contributed by atoms with van der Waals surface area (Å²) in [5.74, 6) is 1.53. The molecular formula is C12H17ClN2O2S. The van der Waals surface area contributed by atoms with Crippen molar-refractivity contribution in [3.05, 3.63) is 23.2 Å². The Bertz CT molecular complexity index is 402. The minimum Gasteiger partial charge on any atom is -0.399 e. The topological polar surface area (TPSA) is 75.3 Å². The van der Waals surface area contributed by atoms with Crippen LogP contribution in [0.4, 0.5) is 11.4 Å². The summed E-state index contributed by atoms with van der Waals surface area (Å²) in [5, 5.41) is 11.8. The van der Waals surface area contributed by atoms with E-state index in [4.69, 9.17) is 22.4 Å². The Kier molecular flexibility index (Phi) is 6.93. The predicted octanol–water partition coefficient (Wildman–Crippen LogP) is 2.37. The normalized spacial score (nSPS) is 10.3. The number of hydrogen-bond donors (Lipinski definition) is 3. The molecule has 0 aromatic heterocycles. The minimum absolute atomic E-state index is 0.0711. The molecule has 0 heterocycles. The van der Waals surface area contributed by atoms with Crippen LogP contribution in [-0.4, -0.2) is 29.1 Å². The number of carbonyl (C=O) groups excluding carboxylic acids is 1. The van der Waals surface area contributed by atoms with Gasteiger partial charge < -0.3 is 16.2 Å². The van der Waals surface area contributed by atoms with E-state index in [2.05, 4.69) is 5.32 Å². The molecule has 1 amide bonds. The van der Waals surface area contributed by atoms with Gasteiger partial charge in [0.05, 0.1) is 10.7 Å². The third-order valence-electron chi connectivity index (χ3n) is 2.19. The number of nitrogens with two attached hydrogens (primary N) is 1. The fourth-order valence-corrected chi connectivity index (χ4v) is 2.38. The van der Waals surface area contributed by atoms with Gasteiger partial charge in [0.1, 0.15) is 0 Å². The quantitative estimate of drug-likeness (QED) is 0.532. The smallest absolute Gasteiger partial charge is 0.225 e. The fraction of sp³-hybridized carbons (Fsp3) is 0.417. The number of hydrogen-bond acceptors (Lipinski definition) is 4. The molecule has 4 nitrogen and oxygen atoms in total. The van der Waals surface area contributed by atoms with Crippen LogP contribution in [0.2, 0.25) is 5.02 Å². The van der Waals surface area contributed by atoms with Crippen LogP contribution >= 0.6 is 23.4 Å². The van der Waals surface area contributed by atoms with Crippen molar-refractivity contribution in [2.75, 3.05) is 29.2 Å². The number of aliphatic hydroxyl groups is 1. The Morgan fingerprint density at radius 1 is 1.44 bits per heavy atom. The summed E-state index contributed by atoms with van der Waals surface area (Å²) in [4.78, 5) is 11.6. The number of nitrogen functional groups attached to an aromatic ring is 1. The lowest BCUT2D eigenvalue weighted by molar-refractivity contribution is -0.115. The second-order valence-corrected chi connectivity index (χ2v) is 5.36. The molecule has 1 aromatic rings. The summed E-state index contributed by atoms with van der Waals surface area (Å²) in [6.07, 6.45) is 1.19. The summed E-state index contributed by atoms with van der Waals surface area (Å²) in [6, 6.07) is 4.99. The van der Waals surface area contributed by atoms with E-state index in [-0.39, 0.29) is 12.5 Å². The molecule has 0 aliphatic carbocycles. The molecule has 0 saturated carbocycles. The summed E-state index contributed by atoms with van der Waals surface area (Å²) < 4.78 is 0. The second kappa shape index (κ2) is 8.24. The molecule has 0 aliphatic heterocycles. The van der Waals surface area contributed by atoms with Gasteiger partial charge in [-0.25, -0.2) is 0 Å². The first kappa shape index (κ1) is 15.1. The average molecular weight is 289 g/mol. The van der Waals surface area contributed by atoms with Gasteiger partial charge in [-0.3, -0.25) is 4.79 Å². The van der Waals surface area contributed by atoms with Crippen LogP contribution in [0.1, 0.15) is 12.8 Å². The first-order chi connectivity index (χ1) is 8.63. The van der Waals surface area contributed by atoms with E-state index in [0.29, 0.717) is 22.8 Å². The van der Waals surface area contributed by atoms with E-state index in [0.717, 1.165) is 17.9 Å². The van der Waals surface area contributed by atoms with Gasteiger partial charge in [-0.2, -0.15) is 11.8 Å². The van der Waals surface area contributed by atoms with Gasteiger partial charge in [-0.05, 0) is 30.4 Å². The van der Waals surface area contributed by atoms with Crippen molar-refractivity contribution in [2.45, 2.75) is 12.8 Å². The molecule has 1 rings (SSSR count). The lowest BCUT2D eigenvalue weighted by atomic mass is 10.3. The minimum atomic E-state index is -0.0711. The Morgan fingerprint density at radius 3 is 2.89 bits per heavy atom. The van der Waals surface area contributed by atoms with Crippen LogP contribution in [0, 0.1) is 0 Å². The summed E-state index contributed by atoms with van der Waals surface area (Å²) in [5.41, 5.74) is 6.71. The number of amides is 1. The SMILES string of the molecule is Nc1ccc(NC(=O)CCSCCCO)c(Cl)c1. The molecule has 0 radical (unpaired) electrons. The van der Waals surface area contributed by atoms with Crippen molar-refractivity contribution in [1.29, 1.82) is 0 Å². The Balaban J connectivity index is 2.31. The summed E-state index contributed by atoms with van der Waals surface area (Å²) in [6.45, 7) is 0.195. The van der Waals surface area contributed by atoms with Crippen molar-refractivity contribution in [2.24, 2.45) is 0 Å². The van der Waals surface area contributed by atoms with E-state index in [1.165, 1.54) is 0 Å². The largest absolute Gasteiger partial charge is 0.399 e. The van der Waals surface area contributed by atoms with Crippen LogP contribution < -0.4 is 11.1 Å². The molecule has 0 bridgehead atoms. The van der Waals surface area contributed by atoms with E-state index in [9.17, 15) is 4.79 Å². The van der Waals surface area contributed by atoms with Gasteiger partial charge in [-0.1, -0.05) is 11.6 Å². The number of nitrogens with one attached hydrogen (secondary N) is 1.